The van der Waals surface area contributed by atoms with Crippen LogP contribution in [0.15, 0.2) is 27.4 Å². The van der Waals surface area contributed by atoms with Crippen LogP contribution in [0.5, 0.6) is 0 Å². The van der Waals surface area contributed by atoms with E-state index in [1.54, 1.807) is 0 Å². The largest absolute Gasteiger partial charge is 0.417 e. The van der Waals surface area contributed by atoms with Crippen LogP contribution in [-0.4, -0.2) is 54.7 Å². The van der Waals surface area contributed by atoms with E-state index < -0.39 is 5.76 Å². The first-order valence-corrected chi connectivity index (χ1v) is 7.99. The number of rotatable bonds is 2. The number of aromatic nitrogens is 1. The number of benzene rings is 1. The summed E-state index contributed by atoms with van der Waals surface area (Å²) in [5.74, 6) is -0.321. The summed E-state index contributed by atoms with van der Waals surface area (Å²) < 4.78 is 10.6. The van der Waals surface area contributed by atoms with Crippen LogP contribution >= 0.6 is 0 Å². The summed E-state index contributed by atoms with van der Waals surface area (Å²) in [6.07, 6.45) is 1.56. The first-order chi connectivity index (χ1) is 11.2. The molecule has 0 aliphatic carbocycles. The fraction of sp³-hybridized carbons (Fsp3) is 0.500. The Morgan fingerprint density at radius 3 is 2.78 bits per heavy atom. The van der Waals surface area contributed by atoms with Crippen molar-refractivity contribution in [2.45, 2.75) is 18.9 Å². The molecule has 2 aliphatic heterocycles. The third-order valence-electron chi connectivity index (χ3n) is 4.57. The molecule has 0 spiro atoms. The fourth-order valence-corrected chi connectivity index (χ4v) is 3.29. The summed E-state index contributed by atoms with van der Waals surface area (Å²) in [4.78, 5) is 30.3. The van der Waals surface area contributed by atoms with Gasteiger partial charge in [0.05, 0.1) is 5.52 Å². The second kappa shape index (κ2) is 5.73. The summed E-state index contributed by atoms with van der Waals surface area (Å²) in [5.41, 5.74) is 2.26. The molecule has 1 amide bonds. The number of amides is 1. The number of hydrogen-bond acceptors (Lipinski definition) is 5. The van der Waals surface area contributed by atoms with Gasteiger partial charge in [0, 0.05) is 44.5 Å². The highest BCUT2D eigenvalue weighted by molar-refractivity contribution is 5.81. The zero-order valence-corrected chi connectivity index (χ0v) is 12.8. The first kappa shape index (κ1) is 14.3. The van der Waals surface area contributed by atoms with E-state index in [0.29, 0.717) is 30.8 Å². The third-order valence-corrected chi connectivity index (χ3v) is 4.57. The summed E-state index contributed by atoms with van der Waals surface area (Å²) in [6, 6.07) is 5.68. The molecule has 1 atom stereocenters. The van der Waals surface area contributed by atoms with Crippen LogP contribution in [0.3, 0.4) is 0 Å². The second-order valence-corrected chi connectivity index (χ2v) is 6.01. The minimum atomic E-state index is -0.441. The van der Waals surface area contributed by atoms with Gasteiger partial charge in [-0.15, -0.1) is 0 Å². The van der Waals surface area contributed by atoms with Crippen molar-refractivity contribution in [3.8, 4) is 0 Å². The predicted octanol–water partition coefficient (Wildman–Crippen LogP) is 0.949. The summed E-state index contributed by atoms with van der Waals surface area (Å²) in [7, 11) is 0. The van der Waals surface area contributed by atoms with E-state index in [-0.39, 0.29) is 12.0 Å². The molecule has 1 N–H and O–H groups in total. The van der Waals surface area contributed by atoms with E-state index in [4.69, 9.17) is 9.15 Å². The number of oxazole rings is 1. The minimum absolute atomic E-state index is 0.120. The number of piperazine rings is 1. The lowest BCUT2D eigenvalue weighted by Gasteiger charge is -2.37. The zero-order valence-electron chi connectivity index (χ0n) is 12.8. The minimum Gasteiger partial charge on any atom is -0.408 e. The number of carbonyl (C=O) groups excluding carboxylic acids is 1. The van der Waals surface area contributed by atoms with Crippen molar-refractivity contribution in [3.05, 3.63) is 28.7 Å². The fourth-order valence-electron chi connectivity index (χ4n) is 3.29. The summed E-state index contributed by atoms with van der Waals surface area (Å²) >= 11 is 0. The Labute approximate surface area is 132 Å². The zero-order chi connectivity index (χ0) is 15.8. The third kappa shape index (κ3) is 2.72. The van der Waals surface area contributed by atoms with Gasteiger partial charge >= 0.3 is 5.76 Å². The van der Waals surface area contributed by atoms with E-state index in [9.17, 15) is 9.59 Å². The van der Waals surface area contributed by atoms with Crippen molar-refractivity contribution in [3.63, 3.8) is 0 Å². The van der Waals surface area contributed by atoms with Gasteiger partial charge in [0.15, 0.2) is 5.58 Å². The van der Waals surface area contributed by atoms with E-state index >= 15 is 0 Å². The van der Waals surface area contributed by atoms with Crippen molar-refractivity contribution in [1.29, 1.82) is 0 Å². The molecule has 2 fully saturated rings. The summed E-state index contributed by atoms with van der Waals surface area (Å²) in [6.45, 7) is 3.59. The van der Waals surface area contributed by atoms with Gasteiger partial charge in [-0.2, -0.15) is 0 Å². The predicted molar refractivity (Wildman–Crippen MR) is 84.6 cm³/mol. The lowest BCUT2D eigenvalue weighted by atomic mass is 10.2. The molecule has 4 rings (SSSR count). The van der Waals surface area contributed by atoms with E-state index in [1.165, 1.54) is 0 Å². The van der Waals surface area contributed by atoms with Crippen LogP contribution in [0, 0.1) is 0 Å². The monoisotopic (exact) mass is 317 g/mol. The maximum Gasteiger partial charge on any atom is 0.417 e. The van der Waals surface area contributed by atoms with Crippen LogP contribution in [0.25, 0.3) is 11.1 Å². The molecule has 2 aromatic rings. The van der Waals surface area contributed by atoms with Gasteiger partial charge in [-0.1, -0.05) is 0 Å². The lowest BCUT2D eigenvalue weighted by molar-refractivity contribution is -0.141. The van der Waals surface area contributed by atoms with Gasteiger partial charge in [0.1, 0.15) is 6.10 Å². The van der Waals surface area contributed by atoms with Gasteiger partial charge < -0.3 is 19.0 Å². The highest BCUT2D eigenvalue weighted by Crippen LogP contribution is 2.22. The molecule has 2 aliphatic rings. The molecule has 1 aromatic carbocycles. The molecule has 0 saturated carbocycles. The maximum absolute atomic E-state index is 12.3. The number of nitrogens with zero attached hydrogens (tertiary/aromatic N) is 2. The molecular weight excluding hydrogens is 298 g/mol. The quantitative estimate of drug-likeness (QED) is 0.892. The Balaban J connectivity index is 1.43. The lowest BCUT2D eigenvalue weighted by Crippen LogP contribution is -2.51. The van der Waals surface area contributed by atoms with Crippen molar-refractivity contribution in [1.82, 2.24) is 9.88 Å². The maximum atomic E-state index is 12.3. The van der Waals surface area contributed by atoms with Crippen molar-refractivity contribution in [2.24, 2.45) is 0 Å². The van der Waals surface area contributed by atoms with Crippen molar-refractivity contribution >= 4 is 22.7 Å². The Morgan fingerprint density at radius 1 is 1.22 bits per heavy atom. The average Bonchev–Trinajstić information content (AvgIpc) is 3.22. The van der Waals surface area contributed by atoms with Gasteiger partial charge in [-0.05, 0) is 25.0 Å². The first-order valence-electron chi connectivity index (χ1n) is 7.99. The normalized spacial score (nSPS) is 22.0. The van der Waals surface area contributed by atoms with Crippen LogP contribution in [-0.2, 0) is 9.53 Å². The number of carbonyl (C=O) groups is 1. The molecule has 1 aromatic heterocycles. The van der Waals surface area contributed by atoms with E-state index in [1.807, 2.05) is 23.1 Å². The number of ether oxygens (including phenoxy) is 1. The molecule has 0 radical (unpaired) electrons. The van der Waals surface area contributed by atoms with Crippen molar-refractivity contribution in [2.75, 3.05) is 37.7 Å². The molecule has 1 unspecified atom stereocenters. The summed E-state index contributed by atoms with van der Waals surface area (Å²) in [5, 5.41) is 0. The highest BCUT2D eigenvalue weighted by Gasteiger charge is 2.30. The Morgan fingerprint density at radius 2 is 2.04 bits per heavy atom. The van der Waals surface area contributed by atoms with Gasteiger partial charge in [0.25, 0.3) is 5.91 Å². The number of aromatic amines is 1. The van der Waals surface area contributed by atoms with Crippen LogP contribution in [0.2, 0.25) is 0 Å². The molecule has 3 heterocycles. The van der Waals surface area contributed by atoms with Crippen LogP contribution in [0.1, 0.15) is 12.8 Å². The highest BCUT2D eigenvalue weighted by atomic mass is 16.5. The molecule has 7 nitrogen and oxygen atoms in total. The number of fused-ring (bicyclic) bond motifs is 1. The number of H-pyrrole nitrogens is 1. The molecule has 23 heavy (non-hydrogen) atoms. The van der Waals surface area contributed by atoms with E-state index in [2.05, 4.69) is 9.88 Å². The molecule has 7 heteroatoms. The molecule has 0 bridgehead atoms. The van der Waals surface area contributed by atoms with Gasteiger partial charge in [-0.25, -0.2) is 4.79 Å². The molecule has 122 valence electrons. The second-order valence-electron chi connectivity index (χ2n) is 6.01. The standard InChI is InChI=1S/C16H19N3O4/c20-15(13-2-1-9-22-13)19-7-5-18(6-8-19)11-3-4-12-14(10-11)23-16(21)17-12/h3-4,10,13H,1-2,5-9H2,(H,17,21). The SMILES string of the molecule is O=C(C1CCCO1)N1CCN(c2ccc3[nH]c(=O)oc3c2)CC1. The van der Waals surface area contributed by atoms with Crippen LogP contribution < -0.4 is 10.7 Å². The Hall–Kier alpha value is -2.28. The van der Waals surface area contributed by atoms with Crippen LogP contribution in [0.4, 0.5) is 5.69 Å². The average molecular weight is 317 g/mol. The van der Waals surface area contributed by atoms with Crippen molar-refractivity contribution < 1.29 is 13.9 Å². The smallest absolute Gasteiger partial charge is 0.408 e. The Bertz CT molecular complexity index is 767. The Kier molecular flexibility index (Phi) is 3.57. The topological polar surface area (TPSA) is 78.8 Å². The number of hydrogen-bond donors (Lipinski definition) is 1. The van der Waals surface area contributed by atoms with Gasteiger partial charge in [-0.3, -0.25) is 9.78 Å². The molecule has 2 saturated heterocycles. The molecular formula is C16H19N3O4. The van der Waals surface area contributed by atoms with E-state index in [0.717, 1.165) is 31.6 Å². The van der Waals surface area contributed by atoms with Gasteiger partial charge in [0.2, 0.25) is 0 Å². The number of nitrogens with one attached hydrogen (secondary N) is 1. The number of anilines is 1.